The molecular weight excluding hydrogens is 256 g/mol. The van der Waals surface area contributed by atoms with E-state index in [1.807, 2.05) is 6.92 Å². The van der Waals surface area contributed by atoms with Crippen LogP contribution in [0.15, 0.2) is 29.2 Å². The number of carbonyl (C=O) groups excluding carboxylic acids is 1. The Kier molecular flexibility index (Phi) is 4.55. The van der Waals surface area contributed by atoms with Crippen LogP contribution in [0.5, 0.6) is 5.75 Å². The highest BCUT2D eigenvalue weighted by molar-refractivity contribution is 7.89. The topological polar surface area (TPSA) is 89.7 Å². The van der Waals surface area contributed by atoms with Gasteiger partial charge in [-0.05, 0) is 18.6 Å². The number of para-hydroxylation sites is 1. The first-order valence-corrected chi connectivity index (χ1v) is 6.85. The highest BCUT2D eigenvalue weighted by atomic mass is 32.2. The van der Waals surface area contributed by atoms with Gasteiger partial charge in [0, 0.05) is 7.05 Å². The van der Waals surface area contributed by atoms with Crippen molar-refractivity contribution in [3.05, 3.63) is 24.3 Å². The first-order valence-electron chi connectivity index (χ1n) is 5.41. The number of carbonyl (C=O) groups is 1. The normalized spacial score (nSPS) is 11.0. The number of hydrogen-bond donors (Lipinski definition) is 1. The van der Waals surface area contributed by atoms with Gasteiger partial charge in [-0.3, -0.25) is 0 Å². The number of rotatable bonds is 5. The molecule has 0 aliphatic rings. The van der Waals surface area contributed by atoms with Crippen molar-refractivity contribution in [1.29, 1.82) is 0 Å². The smallest absolute Gasteiger partial charge is 0.328 e. The average molecular weight is 272 g/mol. The summed E-state index contributed by atoms with van der Waals surface area (Å²) in [7, 11) is -2.86. The summed E-state index contributed by atoms with van der Waals surface area (Å²) in [4.78, 5) is 10.9. The van der Waals surface area contributed by atoms with E-state index in [0.717, 1.165) is 13.5 Å². The second-order valence-corrected chi connectivity index (χ2v) is 5.54. The average Bonchev–Trinajstić information content (AvgIpc) is 2.35. The Morgan fingerprint density at radius 3 is 2.56 bits per heavy atom. The van der Waals surface area contributed by atoms with Crippen molar-refractivity contribution in [3.63, 3.8) is 0 Å². The van der Waals surface area contributed by atoms with Gasteiger partial charge in [-0.2, -0.15) is 0 Å². The van der Waals surface area contributed by atoms with Crippen LogP contribution >= 0.6 is 0 Å². The Balaban J connectivity index is 3.20. The van der Waals surface area contributed by atoms with Crippen LogP contribution in [-0.2, 0) is 10.0 Å². The molecule has 0 atom stereocenters. The van der Waals surface area contributed by atoms with Crippen molar-refractivity contribution < 1.29 is 17.9 Å². The number of urea groups is 1. The first kappa shape index (κ1) is 14.3. The predicted octanol–water partition coefficient (Wildman–Crippen LogP) is 1.17. The van der Waals surface area contributed by atoms with Crippen LogP contribution in [0.3, 0.4) is 0 Å². The Bertz CT molecular complexity index is 528. The molecule has 0 spiro atoms. The minimum Gasteiger partial charge on any atom is -0.492 e. The van der Waals surface area contributed by atoms with E-state index in [-0.39, 0.29) is 10.6 Å². The lowest BCUT2D eigenvalue weighted by Gasteiger charge is -2.17. The number of nitrogens with zero attached hydrogens (tertiary/aromatic N) is 1. The van der Waals surface area contributed by atoms with Crippen LogP contribution in [0, 0.1) is 0 Å². The number of benzene rings is 1. The summed E-state index contributed by atoms with van der Waals surface area (Å²) in [5.41, 5.74) is 4.98. The van der Waals surface area contributed by atoms with Gasteiger partial charge in [0.05, 0.1) is 6.61 Å². The molecule has 0 aliphatic heterocycles. The lowest BCUT2D eigenvalue weighted by atomic mass is 10.3. The van der Waals surface area contributed by atoms with Crippen molar-refractivity contribution in [2.24, 2.45) is 5.73 Å². The van der Waals surface area contributed by atoms with Gasteiger partial charge in [-0.15, -0.1) is 0 Å². The number of amides is 2. The molecule has 1 aromatic carbocycles. The van der Waals surface area contributed by atoms with Crippen LogP contribution in [0.2, 0.25) is 0 Å². The summed E-state index contributed by atoms with van der Waals surface area (Å²) in [6.45, 7) is 2.31. The maximum absolute atomic E-state index is 12.1. The fourth-order valence-corrected chi connectivity index (χ4v) is 2.42. The van der Waals surface area contributed by atoms with E-state index in [4.69, 9.17) is 10.5 Å². The number of sulfonamides is 1. The third kappa shape index (κ3) is 2.92. The number of nitrogens with two attached hydrogens (primary N) is 1. The van der Waals surface area contributed by atoms with E-state index in [0.29, 0.717) is 10.9 Å². The fraction of sp³-hybridized carbons (Fsp3) is 0.364. The molecule has 1 rings (SSSR count). The molecule has 100 valence electrons. The van der Waals surface area contributed by atoms with Crippen LogP contribution in [-0.4, -0.2) is 32.4 Å². The largest absolute Gasteiger partial charge is 0.492 e. The summed E-state index contributed by atoms with van der Waals surface area (Å²) in [6, 6.07) is 5.09. The highest BCUT2D eigenvalue weighted by Gasteiger charge is 2.26. The number of primary amides is 1. The Morgan fingerprint density at radius 2 is 2.00 bits per heavy atom. The minimum atomic E-state index is -3.97. The van der Waals surface area contributed by atoms with Crippen LogP contribution in [0.4, 0.5) is 4.79 Å². The molecule has 0 unspecified atom stereocenters. The van der Waals surface area contributed by atoms with E-state index in [1.54, 1.807) is 12.1 Å². The molecule has 6 nitrogen and oxygen atoms in total. The lowest BCUT2D eigenvalue weighted by molar-refractivity contribution is 0.237. The Labute approximate surface area is 106 Å². The van der Waals surface area contributed by atoms with E-state index in [2.05, 4.69) is 0 Å². The molecular formula is C11H16N2O4S. The monoisotopic (exact) mass is 272 g/mol. The quantitative estimate of drug-likeness (QED) is 0.871. The number of hydrogen-bond acceptors (Lipinski definition) is 4. The zero-order valence-electron chi connectivity index (χ0n) is 10.3. The summed E-state index contributed by atoms with van der Waals surface area (Å²) in [5, 5.41) is 0. The van der Waals surface area contributed by atoms with Gasteiger partial charge in [0.15, 0.2) is 0 Å². The molecule has 18 heavy (non-hydrogen) atoms. The van der Waals surface area contributed by atoms with Crippen molar-refractivity contribution in [3.8, 4) is 5.75 Å². The standard InChI is InChI=1S/C11H16N2O4S/c1-3-8-17-9-6-4-5-7-10(9)18(15,16)13(2)11(12)14/h4-7H,3,8H2,1-2H3,(H2,12,14). The Hall–Kier alpha value is -1.76. The van der Waals surface area contributed by atoms with Gasteiger partial charge in [0.25, 0.3) is 10.0 Å². The third-order valence-corrected chi connectivity index (χ3v) is 4.05. The van der Waals surface area contributed by atoms with Gasteiger partial charge in [-0.1, -0.05) is 19.1 Å². The zero-order valence-corrected chi connectivity index (χ0v) is 11.1. The molecule has 0 aliphatic carbocycles. The molecule has 7 heteroatoms. The van der Waals surface area contributed by atoms with Gasteiger partial charge >= 0.3 is 6.03 Å². The third-order valence-electron chi connectivity index (χ3n) is 2.26. The minimum absolute atomic E-state index is 0.0697. The molecule has 2 amide bonds. The Morgan fingerprint density at radius 1 is 1.39 bits per heavy atom. The molecule has 0 bridgehead atoms. The molecule has 0 aromatic heterocycles. The maximum Gasteiger partial charge on any atom is 0.328 e. The maximum atomic E-state index is 12.1. The van der Waals surface area contributed by atoms with Crippen LogP contribution in [0.1, 0.15) is 13.3 Å². The molecule has 0 saturated heterocycles. The van der Waals surface area contributed by atoms with Gasteiger partial charge < -0.3 is 10.5 Å². The van der Waals surface area contributed by atoms with E-state index < -0.39 is 16.1 Å². The van der Waals surface area contributed by atoms with Gasteiger partial charge in [0.2, 0.25) is 0 Å². The van der Waals surface area contributed by atoms with Gasteiger partial charge in [-0.25, -0.2) is 17.5 Å². The molecule has 0 heterocycles. The summed E-state index contributed by atoms with van der Waals surface area (Å²) >= 11 is 0. The summed E-state index contributed by atoms with van der Waals surface area (Å²) < 4.78 is 30.0. The van der Waals surface area contributed by atoms with E-state index >= 15 is 0 Å². The van der Waals surface area contributed by atoms with Crippen molar-refractivity contribution >= 4 is 16.1 Å². The second-order valence-electron chi connectivity index (χ2n) is 3.61. The number of ether oxygens (including phenoxy) is 1. The fourth-order valence-electron chi connectivity index (χ4n) is 1.26. The lowest BCUT2D eigenvalue weighted by Crippen LogP contribution is -2.37. The van der Waals surface area contributed by atoms with E-state index in [1.165, 1.54) is 12.1 Å². The van der Waals surface area contributed by atoms with Crippen molar-refractivity contribution in [2.45, 2.75) is 18.2 Å². The van der Waals surface area contributed by atoms with Gasteiger partial charge in [0.1, 0.15) is 10.6 Å². The molecule has 0 radical (unpaired) electrons. The second kappa shape index (κ2) is 5.72. The molecule has 2 N–H and O–H groups in total. The van der Waals surface area contributed by atoms with E-state index in [9.17, 15) is 13.2 Å². The summed E-state index contributed by atoms with van der Waals surface area (Å²) in [5.74, 6) is 0.215. The van der Waals surface area contributed by atoms with Crippen LogP contribution in [0.25, 0.3) is 0 Å². The predicted molar refractivity (Wildman–Crippen MR) is 66.8 cm³/mol. The zero-order chi connectivity index (χ0) is 13.8. The molecule has 1 aromatic rings. The molecule has 0 saturated carbocycles. The molecule has 0 fully saturated rings. The van der Waals surface area contributed by atoms with Crippen molar-refractivity contribution in [1.82, 2.24) is 4.31 Å². The van der Waals surface area contributed by atoms with Crippen molar-refractivity contribution in [2.75, 3.05) is 13.7 Å². The SMILES string of the molecule is CCCOc1ccccc1S(=O)(=O)N(C)C(N)=O. The van der Waals surface area contributed by atoms with Crippen LogP contribution < -0.4 is 10.5 Å². The summed E-state index contributed by atoms with van der Waals surface area (Å²) in [6.07, 6.45) is 0.750. The highest BCUT2D eigenvalue weighted by Crippen LogP contribution is 2.25. The first-order chi connectivity index (χ1) is 8.41.